The van der Waals surface area contributed by atoms with Crippen molar-refractivity contribution in [2.45, 2.75) is 31.9 Å². The Bertz CT molecular complexity index is 468. The highest BCUT2D eigenvalue weighted by atomic mass is 35.5. The van der Waals surface area contributed by atoms with Gasteiger partial charge in [0, 0.05) is 18.0 Å². The van der Waals surface area contributed by atoms with Crippen molar-refractivity contribution in [3.05, 3.63) is 28.8 Å². The van der Waals surface area contributed by atoms with Crippen LogP contribution in [0.4, 0.5) is 0 Å². The third-order valence-corrected chi connectivity index (χ3v) is 3.51. The lowest BCUT2D eigenvalue weighted by Gasteiger charge is -2.16. The number of esters is 1. The molecule has 0 amide bonds. The van der Waals surface area contributed by atoms with Crippen molar-refractivity contribution in [2.75, 3.05) is 13.7 Å². The lowest BCUT2D eigenvalue weighted by molar-refractivity contribution is -0.142. The second-order valence-electron chi connectivity index (χ2n) is 4.57. The summed E-state index contributed by atoms with van der Waals surface area (Å²) in [5.41, 5.74) is 1.08. The predicted octanol–water partition coefficient (Wildman–Crippen LogP) is 2.61. The summed E-state index contributed by atoms with van der Waals surface area (Å²) in [5.74, 6) is 0.599. The van der Waals surface area contributed by atoms with Crippen molar-refractivity contribution in [3.8, 4) is 5.75 Å². The topological polar surface area (TPSA) is 47.6 Å². The van der Waals surface area contributed by atoms with Crippen LogP contribution in [-0.4, -0.2) is 31.8 Å². The number of aryl methyl sites for hydroxylation is 1. The molecule has 20 heavy (non-hydrogen) atoms. The number of carbonyl (C=O) groups is 1. The number of methoxy groups -OCH3 is 1. The number of benzene rings is 1. The minimum Gasteiger partial charge on any atom is -0.489 e. The minimum absolute atomic E-state index is 0. The number of hydrogen-bond donors (Lipinski definition) is 1. The smallest absolute Gasteiger partial charge is 0.323 e. The Labute approximate surface area is 130 Å². The van der Waals surface area contributed by atoms with Gasteiger partial charge in [-0.25, -0.2) is 0 Å². The molecule has 0 aliphatic carbocycles. The van der Waals surface area contributed by atoms with Crippen LogP contribution in [0.1, 0.15) is 18.9 Å². The molecule has 4 nitrogen and oxygen atoms in total. The largest absolute Gasteiger partial charge is 0.489 e. The van der Waals surface area contributed by atoms with Crippen molar-refractivity contribution in [3.63, 3.8) is 0 Å². The molecule has 0 unspecified atom stereocenters. The lowest BCUT2D eigenvalue weighted by atomic mass is 10.1. The number of rotatable bonds is 4. The standard InChI is InChI=1S/C14H18ClNO3.ClH/c1-3-9-6-10(15)4-5-13(9)19-11-7-12(16-8-11)14(17)18-2;/h4-6,11-12,16H,3,7-8H2,1-2H3;1H/t11-,12+;/m1./s1. The van der Waals surface area contributed by atoms with Gasteiger partial charge in [-0.1, -0.05) is 18.5 Å². The Kier molecular flexibility index (Phi) is 6.59. The molecular weight excluding hydrogens is 301 g/mol. The Morgan fingerprint density at radius 2 is 2.25 bits per heavy atom. The van der Waals surface area contributed by atoms with Gasteiger partial charge in [0.2, 0.25) is 0 Å². The van der Waals surface area contributed by atoms with Crippen molar-refractivity contribution in [1.29, 1.82) is 0 Å². The van der Waals surface area contributed by atoms with Gasteiger partial charge in [-0.05, 0) is 30.2 Å². The molecular formula is C14H19Cl2NO3. The van der Waals surface area contributed by atoms with Crippen LogP contribution >= 0.6 is 24.0 Å². The third kappa shape index (κ3) is 4.01. The summed E-state index contributed by atoms with van der Waals surface area (Å²) >= 11 is 5.97. The van der Waals surface area contributed by atoms with E-state index in [2.05, 4.69) is 12.2 Å². The van der Waals surface area contributed by atoms with Gasteiger partial charge in [0.05, 0.1) is 7.11 Å². The van der Waals surface area contributed by atoms with Crippen LogP contribution in [-0.2, 0) is 16.0 Å². The zero-order valence-electron chi connectivity index (χ0n) is 11.5. The van der Waals surface area contributed by atoms with Crippen molar-refractivity contribution in [2.24, 2.45) is 0 Å². The molecule has 1 heterocycles. The number of carbonyl (C=O) groups excluding carboxylic acids is 1. The molecule has 2 atom stereocenters. The van der Waals surface area contributed by atoms with Gasteiger partial charge in [-0.3, -0.25) is 4.79 Å². The highest BCUT2D eigenvalue weighted by Gasteiger charge is 2.31. The first-order valence-corrected chi connectivity index (χ1v) is 6.78. The van der Waals surface area contributed by atoms with E-state index in [0.29, 0.717) is 18.0 Å². The molecule has 1 aromatic rings. The molecule has 1 N–H and O–H groups in total. The molecule has 1 aromatic carbocycles. The second kappa shape index (κ2) is 7.72. The Hall–Kier alpha value is -0.970. The summed E-state index contributed by atoms with van der Waals surface area (Å²) in [7, 11) is 1.40. The van der Waals surface area contributed by atoms with E-state index in [9.17, 15) is 4.79 Å². The van der Waals surface area contributed by atoms with Crippen LogP contribution in [0, 0.1) is 0 Å². The predicted molar refractivity (Wildman–Crippen MR) is 80.9 cm³/mol. The SMILES string of the molecule is CCc1cc(Cl)ccc1O[C@H]1CN[C@H](C(=O)OC)C1.Cl. The van der Waals surface area contributed by atoms with Crippen LogP contribution in [0.2, 0.25) is 5.02 Å². The summed E-state index contributed by atoms with van der Waals surface area (Å²) in [6.45, 7) is 2.70. The van der Waals surface area contributed by atoms with Crippen LogP contribution < -0.4 is 10.1 Å². The van der Waals surface area contributed by atoms with E-state index in [1.807, 2.05) is 18.2 Å². The van der Waals surface area contributed by atoms with E-state index in [1.54, 1.807) is 0 Å². The van der Waals surface area contributed by atoms with E-state index in [-0.39, 0.29) is 30.5 Å². The maximum absolute atomic E-state index is 11.4. The van der Waals surface area contributed by atoms with Gasteiger partial charge >= 0.3 is 5.97 Å². The van der Waals surface area contributed by atoms with Crippen LogP contribution in [0.25, 0.3) is 0 Å². The van der Waals surface area contributed by atoms with Crippen LogP contribution in [0.5, 0.6) is 5.75 Å². The highest BCUT2D eigenvalue weighted by Crippen LogP contribution is 2.26. The average Bonchev–Trinajstić information content (AvgIpc) is 2.88. The molecule has 0 aromatic heterocycles. The van der Waals surface area contributed by atoms with Crippen molar-refractivity contribution < 1.29 is 14.3 Å². The van der Waals surface area contributed by atoms with E-state index >= 15 is 0 Å². The van der Waals surface area contributed by atoms with E-state index in [0.717, 1.165) is 17.7 Å². The Morgan fingerprint density at radius 1 is 1.50 bits per heavy atom. The first-order valence-electron chi connectivity index (χ1n) is 6.40. The molecule has 0 spiro atoms. The normalized spacial score (nSPS) is 21.1. The summed E-state index contributed by atoms with van der Waals surface area (Å²) in [5, 5.41) is 3.81. The first kappa shape index (κ1) is 17.1. The fourth-order valence-electron chi connectivity index (χ4n) is 2.23. The van der Waals surface area contributed by atoms with E-state index in [4.69, 9.17) is 21.1 Å². The molecule has 1 fully saturated rings. The molecule has 1 saturated heterocycles. The maximum atomic E-state index is 11.4. The van der Waals surface area contributed by atoms with E-state index < -0.39 is 0 Å². The molecule has 1 aliphatic rings. The van der Waals surface area contributed by atoms with Gasteiger partial charge in [0.1, 0.15) is 17.9 Å². The first-order chi connectivity index (χ1) is 9.13. The average molecular weight is 320 g/mol. The number of halogens is 2. The highest BCUT2D eigenvalue weighted by molar-refractivity contribution is 6.30. The molecule has 0 bridgehead atoms. The number of hydrogen-bond acceptors (Lipinski definition) is 4. The molecule has 0 saturated carbocycles. The molecule has 0 radical (unpaired) electrons. The summed E-state index contributed by atoms with van der Waals surface area (Å²) in [4.78, 5) is 11.4. The number of ether oxygens (including phenoxy) is 2. The van der Waals surface area contributed by atoms with Gasteiger partial charge < -0.3 is 14.8 Å². The molecule has 112 valence electrons. The van der Waals surface area contributed by atoms with Gasteiger partial charge in [0.15, 0.2) is 0 Å². The molecule has 2 rings (SSSR count). The van der Waals surface area contributed by atoms with Crippen LogP contribution in [0.15, 0.2) is 18.2 Å². The van der Waals surface area contributed by atoms with Crippen LogP contribution in [0.3, 0.4) is 0 Å². The molecule has 6 heteroatoms. The summed E-state index contributed by atoms with van der Waals surface area (Å²) < 4.78 is 10.7. The Balaban J connectivity index is 0.00000200. The van der Waals surface area contributed by atoms with Crippen molar-refractivity contribution in [1.82, 2.24) is 5.32 Å². The third-order valence-electron chi connectivity index (χ3n) is 3.27. The zero-order valence-corrected chi connectivity index (χ0v) is 13.1. The van der Waals surface area contributed by atoms with Gasteiger partial charge in [-0.2, -0.15) is 0 Å². The van der Waals surface area contributed by atoms with Gasteiger partial charge in [0.25, 0.3) is 0 Å². The fourth-order valence-corrected chi connectivity index (χ4v) is 2.43. The van der Waals surface area contributed by atoms with Gasteiger partial charge in [-0.15, -0.1) is 12.4 Å². The Morgan fingerprint density at radius 3 is 2.90 bits per heavy atom. The second-order valence-corrected chi connectivity index (χ2v) is 5.00. The maximum Gasteiger partial charge on any atom is 0.323 e. The minimum atomic E-state index is -0.271. The lowest BCUT2D eigenvalue weighted by Crippen LogP contribution is -2.31. The summed E-state index contributed by atoms with van der Waals surface area (Å²) in [6, 6.07) is 5.34. The monoisotopic (exact) mass is 319 g/mol. The molecule has 1 aliphatic heterocycles. The fraction of sp³-hybridized carbons (Fsp3) is 0.500. The number of nitrogens with one attached hydrogen (secondary N) is 1. The zero-order chi connectivity index (χ0) is 13.8. The van der Waals surface area contributed by atoms with E-state index in [1.165, 1.54) is 7.11 Å². The summed E-state index contributed by atoms with van der Waals surface area (Å²) in [6.07, 6.45) is 1.46. The van der Waals surface area contributed by atoms with Crippen molar-refractivity contribution >= 4 is 30.0 Å². The quantitative estimate of drug-likeness (QED) is 0.867.